The normalized spacial score (nSPS) is 19.9. The van der Waals surface area contributed by atoms with Gasteiger partial charge in [-0.05, 0) is 39.7 Å². The van der Waals surface area contributed by atoms with E-state index in [2.05, 4.69) is 0 Å². The molecule has 0 heterocycles. The zero-order valence-electron chi connectivity index (χ0n) is 13.5. The van der Waals surface area contributed by atoms with Gasteiger partial charge >= 0.3 is 6.09 Å². The lowest BCUT2D eigenvalue weighted by Crippen LogP contribution is -2.40. The van der Waals surface area contributed by atoms with Gasteiger partial charge < -0.3 is 14.2 Å². The first-order valence-electron chi connectivity index (χ1n) is 7.21. The summed E-state index contributed by atoms with van der Waals surface area (Å²) in [4.78, 5) is 13.6. The summed E-state index contributed by atoms with van der Waals surface area (Å²) < 4.78 is 22.0. The van der Waals surface area contributed by atoms with E-state index in [0.29, 0.717) is 19.2 Å². The molecule has 1 amide bonds. The molecule has 2 unspecified atom stereocenters. The molecule has 0 fully saturated rings. The fourth-order valence-corrected chi connectivity index (χ4v) is 2.94. The molecule has 120 valence electrons. The van der Waals surface area contributed by atoms with Crippen molar-refractivity contribution >= 4 is 14.1 Å². The van der Waals surface area contributed by atoms with E-state index in [0.717, 1.165) is 5.57 Å². The van der Waals surface area contributed by atoms with E-state index in [1.54, 1.807) is 11.9 Å². The Morgan fingerprint density at radius 1 is 1.48 bits per heavy atom. The lowest BCUT2D eigenvalue weighted by atomic mass is 10.0. The maximum absolute atomic E-state index is 12.0. The predicted octanol–water partition coefficient (Wildman–Crippen LogP) is 3.62. The number of ether oxygens (including phenoxy) is 1. The van der Waals surface area contributed by atoms with Crippen molar-refractivity contribution in [1.29, 1.82) is 0 Å². The van der Waals surface area contributed by atoms with Crippen LogP contribution in [0.15, 0.2) is 23.8 Å². The highest BCUT2D eigenvalue weighted by Crippen LogP contribution is 2.28. The van der Waals surface area contributed by atoms with Crippen LogP contribution in [0.1, 0.15) is 34.1 Å². The molecule has 0 spiro atoms. The van der Waals surface area contributed by atoms with Crippen molar-refractivity contribution in [2.75, 3.05) is 19.8 Å². The topological polar surface area (TPSA) is 55.8 Å². The zero-order valence-corrected chi connectivity index (χ0v) is 14.5. The molecule has 0 aromatic heterocycles. The smallest absolute Gasteiger partial charge is 0.410 e. The van der Waals surface area contributed by atoms with E-state index in [4.69, 9.17) is 9.26 Å². The molecule has 1 aliphatic carbocycles. The Labute approximate surface area is 127 Å². The number of allylic oxidation sites excluding steroid dienone is 2. The molecule has 0 aromatic carbocycles. The highest BCUT2D eigenvalue weighted by Gasteiger charge is 2.24. The van der Waals surface area contributed by atoms with Gasteiger partial charge in [0.15, 0.2) is 8.03 Å². The second-order valence-corrected chi connectivity index (χ2v) is 7.40. The molecule has 0 N–H and O–H groups in total. The number of carbonyl (C=O) groups is 1. The van der Waals surface area contributed by atoms with Crippen LogP contribution in [-0.2, 0) is 13.8 Å². The first-order valence-corrected chi connectivity index (χ1v) is 8.74. The molecule has 0 saturated carbocycles. The van der Waals surface area contributed by atoms with E-state index in [1.807, 2.05) is 45.9 Å². The average Bonchev–Trinajstić information content (AvgIpc) is 2.37. The molecule has 1 aliphatic rings. The Balaban J connectivity index is 2.52. The SMILES string of the molecule is CCO[PH](=O)CC1=CCC(N(C)C(=O)OC(C)(C)C)C=C1. The van der Waals surface area contributed by atoms with Gasteiger partial charge in [0.05, 0.1) is 12.6 Å². The minimum absolute atomic E-state index is 0.0296. The third-order valence-electron chi connectivity index (χ3n) is 2.99. The van der Waals surface area contributed by atoms with Gasteiger partial charge in [-0.15, -0.1) is 0 Å². The molecule has 0 bridgehead atoms. The van der Waals surface area contributed by atoms with Gasteiger partial charge in [0.25, 0.3) is 0 Å². The van der Waals surface area contributed by atoms with Crippen molar-refractivity contribution in [2.24, 2.45) is 0 Å². The Morgan fingerprint density at radius 2 is 2.14 bits per heavy atom. The van der Waals surface area contributed by atoms with Gasteiger partial charge in [-0.2, -0.15) is 0 Å². The number of nitrogens with zero attached hydrogens (tertiary/aromatic N) is 1. The fourth-order valence-electron chi connectivity index (χ4n) is 1.92. The Morgan fingerprint density at radius 3 is 2.62 bits per heavy atom. The summed E-state index contributed by atoms with van der Waals surface area (Å²) in [5.74, 6) is 0. The number of hydrogen-bond donors (Lipinski definition) is 0. The highest BCUT2D eigenvalue weighted by molar-refractivity contribution is 7.39. The highest BCUT2D eigenvalue weighted by atomic mass is 31.1. The van der Waals surface area contributed by atoms with Crippen molar-refractivity contribution in [3.05, 3.63) is 23.8 Å². The van der Waals surface area contributed by atoms with E-state index >= 15 is 0 Å². The van der Waals surface area contributed by atoms with Crippen LogP contribution in [0.3, 0.4) is 0 Å². The van der Waals surface area contributed by atoms with Crippen LogP contribution in [0.5, 0.6) is 0 Å². The van der Waals surface area contributed by atoms with Gasteiger partial charge in [-0.3, -0.25) is 4.57 Å². The van der Waals surface area contributed by atoms with E-state index in [1.165, 1.54) is 0 Å². The van der Waals surface area contributed by atoms with Crippen molar-refractivity contribution in [2.45, 2.75) is 45.8 Å². The minimum Gasteiger partial charge on any atom is -0.444 e. The first-order chi connectivity index (χ1) is 9.73. The summed E-state index contributed by atoms with van der Waals surface area (Å²) in [6.07, 6.45) is 6.68. The van der Waals surface area contributed by atoms with Crippen LogP contribution in [0.2, 0.25) is 0 Å². The third kappa shape index (κ3) is 6.49. The molecule has 1 rings (SSSR count). The zero-order chi connectivity index (χ0) is 16.0. The summed E-state index contributed by atoms with van der Waals surface area (Å²) in [7, 11) is -0.264. The molecular weight excluding hydrogens is 289 g/mol. The molecule has 2 atom stereocenters. The lowest BCUT2D eigenvalue weighted by molar-refractivity contribution is 0.0256. The number of likely N-dealkylation sites (N-methyl/N-ethyl adjacent to an activating group) is 1. The van der Waals surface area contributed by atoms with Gasteiger partial charge in [0, 0.05) is 13.2 Å². The van der Waals surface area contributed by atoms with E-state index < -0.39 is 13.6 Å². The maximum Gasteiger partial charge on any atom is 0.410 e. The summed E-state index contributed by atoms with van der Waals surface area (Å²) in [5, 5.41) is 0. The van der Waals surface area contributed by atoms with Gasteiger partial charge in [-0.1, -0.05) is 18.2 Å². The second-order valence-electron chi connectivity index (χ2n) is 6.01. The first kappa shape index (κ1) is 18.0. The van der Waals surface area contributed by atoms with Crippen molar-refractivity contribution < 1.29 is 18.6 Å². The number of carbonyl (C=O) groups excluding carboxylic acids is 1. The Kier molecular flexibility index (Phi) is 6.69. The van der Waals surface area contributed by atoms with Crippen LogP contribution in [0, 0.1) is 0 Å². The number of hydrogen-bond acceptors (Lipinski definition) is 4. The lowest BCUT2D eigenvalue weighted by Gasteiger charge is -2.30. The van der Waals surface area contributed by atoms with Crippen LogP contribution < -0.4 is 0 Å². The van der Waals surface area contributed by atoms with E-state index in [9.17, 15) is 9.36 Å². The molecule has 0 aromatic rings. The van der Waals surface area contributed by atoms with Gasteiger partial charge in [0.1, 0.15) is 5.60 Å². The quantitative estimate of drug-likeness (QED) is 0.727. The van der Waals surface area contributed by atoms with Crippen LogP contribution in [-0.4, -0.2) is 42.5 Å². The van der Waals surface area contributed by atoms with Gasteiger partial charge in [-0.25, -0.2) is 4.79 Å². The standard InChI is InChI=1S/C15H26NO4P/c1-6-19-21(18)11-12-7-9-13(10-8-12)16(5)14(17)20-15(2,3)4/h7-9,13,21H,6,10-11H2,1-5H3. The molecule has 0 aliphatic heterocycles. The second kappa shape index (κ2) is 7.81. The summed E-state index contributed by atoms with van der Waals surface area (Å²) >= 11 is 0. The van der Waals surface area contributed by atoms with Crippen molar-refractivity contribution in [1.82, 2.24) is 4.90 Å². The summed E-state index contributed by atoms with van der Waals surface area (Å²) in [6.45, 7) is 7.84. The van der Waals surface area contributed by atoms with Gasteiger partial charge in [0.2, 0.25) is 0 Å². The van der Waals surface area contributed by atoms with Crippen LogP contribution in [0.4, 0.5) is 4.79 Å². The molecule has 0 radical (unpaired) electrons. The third-order valence-corrected chi connectivity index (χ3v) is 4.29. The minimum atomic E-state index is -1.99. The average molecular weight is 315 g/mol. The maximum atomic E-state index is 12.0. The molecular formula is C15H26NO4P. The van der Waals surface area contributed by atoms with E-state index in [-0.39, 0.29) is 12.1 Å². The monoisotopic (exact) mass is 315 g/mol. The molecule has 6 heteroatoms. The van der Waals surface area contributed by atoms with Crippen LogP contribution in [0.25, 0.3) is 0 Å². The fraction of sp³-hybridized carbons (Fsp3) is 0.667. The van der Waals surface area contributed by atoms with Crippen molar-refractivity contribution in [3.8, 4) is 0 Å². The van der Waals surface area contributed by atoms with Crippen molar-refractivity contribution in [3.63, 3.8) is 0 Å². The summed E-state index contributed by atoms with van der Waals surface area (Å²) in [5.41, 5.74) is 0.503. The number of rotatable bonds is 5. The molecule has 0 saturated heterocycles. The Hall–Kier alpha value is -1.06. The largest absolute Gasteiger partial charge is 0.444 e. The van der Waals surface area contributed by atoms with Crippen LogP contribution >= 0.6 is 8.03 Å². The number of amides is 1. The Bertz CT molecular complexity index is 451. The molecule has 5 nitrogen and oxygen atoms in total. The summed E-state index contributed by atoms with van der Waals surface area (Å²) in [6, 6.07) is -0.0296. The molecule has 21 heavy (non-hydrogen) atoms. The predicted molar refractivity (Wildman–Crippen MR) is 85.1 cm³/mol.